The number of hydrogen-bond donors (Lipinski definition) is 1. The van der Waals surface area contributed by atoms with Crippen LogP contribution in [-0.4, -0.2) is 61.4 Å². The average Bonchev–Trinajstić information content (AvgIpc) is 3.38. The molecule has 2 aromatic rings. The van der Waals surface area contributed by atoms with Crippen LogP contribution in [0.5, 0.6) is 0 Å². The molecule has 10 nitrogen and oxygen atoms in total. The van der Waals surface area contributed by atoms with Gasteiger partial charge >= 0.3 is 12.2 Å². The lowest BCUT2D eigenvalue weighted by Gasteiger charge is -2.27. The van der Waals surface area contributed by atoms with E-state index in [1.807, 2.05) is 0 Å². The van der Waals surface area contributed by atoms with Gasteiger partial charge in [-0.15, -0.1) is 5.10 Å². The van der Waals surface area contributed by atoms with Gasteiger partial charge in [0.1, 0.15) is 12.1 Å². The first kappa shape index (κ1) is 28.8. The molecule has 13 heteroatoms. The third-order valence-corrected chi connectivity index (χ3v) is 6.43. The Morgan fingerprint density at radius 1 is 1.13 bits per heavy atom. The summed E-state index contributed by atoms with van der Waals surface area (Å²) in [5, 5.41) is 25.9. The lowest BCUT2D eigenvalue weighted by molar-refractivity contribution is -0.137. The topological polar surface area (TPSA) is 132 Å². The number of Topliss-reactive ketones (excluding diaryl/α,β-unsaturated/α-hetero) is 1. The molecular weight excluding hydrogens is 505 g/mol. The zero-order valence-electron chi connectivity index (χ0n) is 21.2. The summed E-state index contributed by atoms with van der Waals surface area (Å²) in [5.41, 5.74) is -2.55. The summed E-state index contributed by atoms with van der Waals surface area (Å²) in [7, 11) is 0. The fraction of sp³-hybridized carbons (Fsp3) is 0.520. The van der Waals surface area contributed by atoms with Gasteiger partial charge in [-0.05, 0) is 64.2 Å². The van der Waals surface area contributed by atoms with E-state index in [2.05, 4.69) is 10.3 Å². The number of aliphatic hydroxyl groups is 1. The summed E-state index contributed by atoms with van der Waals surface area (Å²) >= 11 is 0. The number of hydrogen-bond acceptors (Lipinski definition) is 7. The number of amides is 3. The van der Waals surface area contributed by atoms with Gasteiger partial charge in [0.15, 0.2) is 5.78 Å². The van der Waals surface area contributed by atoms with Crippen molar-refractivity contribution < 1.29 is 32.7 Å². The Balaban J connectivity index is 1.58. The van der Waals surface area contributed by atoms with Gasteiger partial charge in [-0.1, -0.05) is 5.21 Å². The van der Waals surface area contributed by atoms with E-state index < -0.39 is 41.4 Å². The molecule has 0 unspecified atom stereocenters. The van der Waals surface area contributed by atoms with E-state index in [0.29, 0.717) is 44.7 Å². The Hall–Kier alpha value is -3.79. The molecule has 1 aliphatic rings. The second kappa shape index (κ2) is 11.7. The molecule has 1 aliphatic heterocycles. The Morgan fingerprint density at radius 2 is 1.84 bits per heavy atom. The lowest BCUT2D eigenvalue weighted by atomic mass is 10.0. The highest BCUT2D eigenvalue weighted by molar-refractivity contribution is 6.23. The third-order valence-electron chi connectivity index (χ3n) is 6.43. The van der Waals surface area contributed by atoms with Crippen molar-refractivity contribution in [1.82, 2.24) is 19.9 Å². The van der Waals surface area contributed by atoms with Crippen molar-refractivity contribution in [3.63, 3.8) is 0 Å². The third kappa shape index (κ3) is 6.36. The number of nitriles is 1. The number of carbonyl (C=O) groups excluding carboxylic acids is 3. The molecule has 38 heavy (non-hydrogen) atoms. The molecule has 2 heterocycles. The molecule has 3 rings (SSSR count). The Labute approximate surface area is 217 Å². The van der Waals surface area contributed by atoms with Gasteiger partial charge < -0.3 is 10.0 Å². The smallest absolute Gasteiger partial charge is 0.389 e. The normalized spacial score (nSPS) is 15.3. The average molecular weight is 535 g/mol. The van der Waals surface area contributed by atoms with E-state index in [1.54, 1.807) is 24.7 Å². The molecule has 1 N–H and O–H groups in total. The van der Waals surface area contributed by atoms with Crippen molar-refractivity contribution >= 4 is 23.4 Å². The van der Waals surface area contributed by atoms with Crippen molar-refractivity contribution in [2.45, 2.75) is 70.6 Å². The summed E-state index contributed by atoms with van der Waals surface area (Å²) in [6.45, 7) is 3.44. The first-order valence-corrected chi connectivity index (χ1v) is 12.2. The van der Waals surface area contributed by atoms with E-state index in [9.17, 15) is 27.6 Å². The first-order valence-electron chi connectivity index (χ1n) is 12.2. The lowest BCUT2D eigenvalue weighted by Crippen LogP contribution is -2.44. The van der Waals surface area contributed by atoms with Crippen molar-refractivity contribution in [2.75, 3.05) is 18.1 Å². The van der Waals surface area contributed by atoms with Gasteiger partial charge in [0.25, 0.3) is 5.91 Å². The number of rotatable bonds is 12. The van der Waals surface area contributed by atoms with Crippen LogP contribution in [0.25, 0.3) is 0 Å². The number of aromatic nitrogens is 3. The molecule has 0 radical (unpaired) electrons. The standard InChI is InChI=1S/C25H29F3N6O4/c1-24(2)22(37)34(19-10-9-17(14-29)21(13-19)25(26,27)28)23(38)33(24)12-6-3-7-18-15-32(31-30-18)11-5-4-8-20(36)16-35/h9-10,13,15,35H,3-8,11-12,16H2,1-2H3. The number of nitrogens with zero attached hydrogens (tertiary/aromatic N) is 6. The minimum Gasteiger partial charge on any atom is -0.389 e. The van der Waals surface area contributed by atoms with Crippen LogP contribution in [-0.2, 0) is 28.7 Å². The molecule has 0 atom stereocenters. The maximum atomic E-state index is 13.4. The van der Waals surface area contributed by atoms with Crippen molar-refractivity contribution in [3.8, 4) is 6.07 Å². The van der Waals surface area contributed by atoms with Crippen LogP contribution in [0.15, 0.2) is 24.4 Å². The number of imide groups is 1. The van der Waals surface area contributed by atoms with Crippen molar-refractivity contribution in [1.29, 1.82) is 5.26 Å². The first-order chi connectivity index (χ1) is 17.9. The van der Waals surface area contributed by atoms with Crippen LogP contribution >= 0.6 is 0 Å². The predicted molar refractivity (Wildman–Crippen MR) is 129 cm³/mol. The van der Waals surface area contributed by atoms with E-state index in [0.717, 1.165) is 29.1 Å². The van der Waals surface area contributed by atoms with Crippen LogP contribution in [0.2, 0.25) is 0 Å². The molecule has 3 amide bonds. The van der Waals surface area contributed by atoms with Gasteiger partial charge in [-0.2, -0.15) is 18.4 Å². The Kier molecular flexibility index (Phi) is 8.88. The number of aliphatic hydroxyl groups excluding tert-OH is 1. The van der Waals surface area contributed by atoms with Gasteiger partial charge in [-0.25, -0.2) is 9.69 Å². The summed E-state index contributed by atoms with van der Waals surface area (Å²) in [6.07, 6.45) is 0.390. The number of halogens is 3. The fourth-order valence-electron chi connectivity index (χ4n) is 4.26. The number of benzene rings is 1. The quantitative estimate of drug-likeness (QED) is 0.326. The summed E-state index contributed by atoms with van der Waals surface area (Å²) in [4.78, 5) is 39.4. The molecule has 204 valence electrons. The Morgan fingerprint density at radius 3 is 2.50 bits per heavy atom. The van der Waals surface area contributed by atoms with Gasteiger partial charge in [-0.3, -0.25) is 14.3 Å². The van der Waals surface area contributed by atoms with Crippen LogP contribution in [0.4, 0.5) is 23.7 Å². The highest BCUT2D eigenvalue weighted by Gasteiger charge is 2.51. The van der Waals surface area contributed by atoms with E-state index >= 15 is 0 Å². The SMILES string of the molecule is CC1(C)C(=O)N(c2ccc(C#N)c(C(F)(F)F)c2)C(=O)N1CCCCc1cn(CCCCC(=O)CO)nn1. The number of aryl methyl sites for hydroxylation is 2. The number of carbonyl (C=O) groups is 3. The monoisotopic (exact) mass is 534 g/mol. The maximum absolute atomic E-state index is 13.4. The molecule has 0 aliphatic carbocycles. The van der Waals surface area contributed by atoms with Crippen LogP contribution < -0.4 is 4.90 Å². The largest absolute Gasteiger partial charge is 0.417 e. The zero-order chi connectivity index (χ0) is 28.1. The maximum Gasteiger partial charge on any atom is 0.417 e. The van der Waals surface area contributed by atoms with E-state index in [-0.39, 0.29) is 18.0 Å². The minimum absolute atomic E-state index is 0.197. The number of urea groups is 1. The molecule has 1 fully saturated rings. The highest BCUT2D eigenvalue weighted by Crippen LogP contribution is 2.37. The summed E-state index contributed by atoms with van der Waals surface area (Å²) < 4.78 is 41.9. The van der Waals surface area contributed by atoms with Gasteiger partial charge in [0, 0.05) is 25.7 Å². The molecule has 1 saturated heterocycles. The number of alkyl halides is 3. The van der Waals surface area contributed by atoms with Crippen LogP contribution in [0, 0.1) is 11.3 Å². The van der Waals surface area contributed by atoms with E-state index in [4.69, 9.17) is 10.4 Å². The second-order valence-electron chi connectivity index (χ2n) is 9.56. The molecule has 0 saturated carbocycles. The van der Waals surface area contributed by atoms with Crippen LogP contribution in [0.3, 0.4) is 0 Å². The fourth-order valence-corrected chi connectivity index (χ4v) is 4.26. The molecule has 0 bridgehead atoms. The van der Waals surface area contributed by atoms with Crippen LogP contribution in [0.1, 0.15) is 62.8 Å². The zero-order valence-corrected chi connectivity index (χ0v) is 21.2. The predicted octanol–water partition coefficient (Wildman–Crippen LogP) is 3.47. The Bertz CT molecular complexity index is 1230. The number of anilines is 1. The van der Waals surface area contributed by atoms with Gasteiger partial charge in [0.05, 0.1) is 28.6 Å². The number of unbranched alkanes of at least 4 members (excludes halogenated alkanes) is 2. The van der Waals surface area contributed by atoms with Gasteiger partial charge in [0.2, 0.25) is 0 Å². The minimum atomic E-state index is -4.82. The molecule has 1 aromatic heterocycles. The molecule has 0 spiro atoms. The molecule has 1 aromatic carbocycles. The second-order valence-corrected chi connectivity index (χ2v) is 9.56. The summed E-state index contributed by atoms with van der Waals surface area (Å²) in [6, 6.07) is 3.54. The van der Waals surface area contributed by atoms with Crippen molar-refractivity contribution in [3.05, 3.63) is 41.2 Å². The molecular formula is C25H29F3N6O4. The van der Waals surface area contributed by atoms with E-state index in [1.165, 1.54) is 11.0 Å². The van der Waals surface area contributed by atoms with Crippen molar-refractivity contribution in [2.24, 2.45) is 0 Å². The summed E-state index contributed by atoms with van der Waals surface area (Å²) in [5.74, 6) is -0.847. The highest BCUT2D eigenvalue weighted by atomic mass is 19.4. The number of ketones is 1.